The Morgan fingerprint density at radius 1 is 1.18 bits per heavy atom. The van der Waals surface area contributed by atoms with Crippen LogP contribution in [0, 0.1) is 0 Å². The van der Waals surface area contributed by atoms with Crippen LogP contribution in [0.5, 0.6) is 0 Å². The third-order valence-electron chi connectivity index (χ3n) is 2.37. The molecule has 1 aromatic carbocycles. The Morgan fingerprint density at radius 3 is 1.88 bits per heavy atom. The van der Waals surface area contributed by atoms with Gasteiger partial charge in [-0.15, -0.1) is 12.4 Å². The molecule has 0 radical (unpaired) electrons. The fourth-order valence-corrected chi connectivity index (χ4v) is 1.79. The SMILES string of the molecule is COC(=O)c1cc(N)c(C(C)(C)C)c(N)c1.Cl. The standard InChI is InChI=1S/C12H18N2O2.ClH/c1-12(2,3)10-8(13)5-7(6-9(10)14)11(15)16-4;/h5-6H,13-14H2,1-4H3;1H. The van der Waals surface area contributed by atoms with Gasteiger partial charge in [0.25, 0.3) is 0 Å². The summed E-state index contributed by atoms with van der Waals surface area (Å²) in [5, 5.41) is 0. The van der Waals surface area contributed by atoms with Gasteiger partial charge in [0.15, 0.2) is 0 Å². The number of carbonyl (C=O) groups excluding carboxylic acids is 1. The summed E-state index contributed by atoms with van der Waals surface area (Å²) in [7, 11) is 1.33. The van der Waals surface area contributed by atoms with E-state index in [-0.39, 0.29) is 17.8 Å². The minimum atomic E-state index is -0.432. The highest BCUT2D eigenvalue weighted by Crippen LogP contribution is 2.33. The number of halogens is 1. The van der Waals surface area contributed by atoms with Gasteiger partial charge in [-0.3, -0.25) is 0 Å². The molecule has 0 aliphatic carbocycles. The number of nitrogens with two attached hydrogens (primary N) is 2. The summed E-state index contributed by atoms with van der Waals surface area (Å²) in [6, 6.07) is 3.20. The molecule has 0 fully saturated rings. The van der Waals surface area contributed by atoms with E-state index in [0.29, 0.717) is 16.9 Å². The zero-order chi connectivity index (χ0) is 12.5. The van der Waals surface area contributed by atoms with Crippen LogP contribution in [0.15, 0.2) is 12.1 Å². The van der Waals surface area contributed by atoms with E-state index in [1.807, 2.05) is 20.8 Å². The van der Waals surface area contributed by atoms with Gasteiger partial charge in [0, 0.05) is 16.9 Å². The lowest BCUT2D eigenvalue weighted by molar-refractivity contribution is 0.0601. The van der Waals surface area contributed by atoms with E-state index in [0.717, 1.165) is 5.56 Å². The first-order valence-corrected chi connectivity index (χ1v) is 5.05. The summed E-state index contributed by atoms with van der Waals surface area (Å²) in [6.45, 7) is 6.06. The lowest BCUT2D eigenvalue weighted by atomic mass is 9.84. The van der Waals surface area contributed by atoms with Crippen LogP contribution in [0.2, 0.25) is 0 Å². The van der Waals surface area contributed by atoms with Crippen molar-refractivity contribution in [3.05, 3.63) is 23.3 Å². The number of methoxy groups -OCH3 is 1. The van der Waals surface area contributed by atoms with E-state index in [1.165, 1.54) is 7.11 Å². The molecule has 0 atom stereocenters. The summed E-state index contributed by atoms with van der Waals surface area (Å²) < 4.78 is 4.62. The summed E-state index contributed by atoms with van der Waals surface area (Å²) in [6.07, 6.45) is 0. The van der Waals surface area contributed by atoms with Gasteiger partial charge in [0.05, 0.1) is 12.7 Å². The summed E-state index contributed by atoms with van der Waals surface area (Å²) in [4.78, 5) is 11.3. The van der Waals surface area contributed by atoms with Gasteiger partial charge in [0.2, 0.25) is 0 Å². The zero-order valence-corrected chi connectivity index (χ0v) is 11.4. The molecule has 0 bridgehead atoms. The van der Waals surface area contributed by atoms with E-state index in [9.17, 15) is 4.79 Å². The molecule has 0 saturated carbocycles. The third-order valence-corrected chi connectivity index (χ3v) is 2.37. The van der Waals surface area contributed by atoms with Crippen molar-refractivity contribution in [3.8, 4) is 0 Å². The number of ether oxygens (including phenoxy) is 1. The summed E-state index contributed by atoms with van der Waals surface area (Å²) in [5.74, 6) is -0.432. The van der Waals surface area contributed by atoms with E-state index >= 15 is 0 Å². The van der Waals surface area contributed by atoms with Crippen LogP contribution in [-0.4, -0.2) is 13.1 Å². The Labute approximate surface area is 108 Å². The number of carbonyl (C=O) groups is 1. The van der Waals surface area contributed by atoms with Gasteiger partial charge in [0.1, 0.15) is 0 Å². The topological polar surface area (TPSA) is 78.3 Å². The van der Waals surface area contributed by atoms with Crippen LogP contribution in [0.4, 0.5) is 11.4 Å². The minimum Gasteiger partial charge on any atom is -0.465 e. The van der Waals surface area contributed by atoms with Crippen LogP contribution in [0.3, 0.4) is 0 Å². The van der Waals surface area contributed by atoms with Gasteiger partial charge in [-0.05, 0) is 17.5 Å². The molecule has 1 aromatic rings. The normalized spacial score (nSPS) is 10.6. The molecule has 0 aliphatic rings. The van der Waals surface area contributed by atoms with Crippen LogP contribution >= 0.6 is 12.4 Å². The number of anilines is 2. The minimum absolute atomic E-state index is 0. The van der Waals surface area contributed by atoms with Crippen molar-refractivity contribution >= 4 is 29.8 Å². The Balaban J connectivity index is 0.00000256. The van der Waals surface area contributed by atoms with E-state index in [1.54, 1.807) is 12.1 Å². The first kappa shape index (κ1) is 15.6. The molecular formula is C12H19ClN2O2. The van der Waals surface area contributed by atoms with Crippen molar-refractivity contribution in [1.82, 2.24) is 0 Å². The molecule has 17 heavy (non-hydrogen) atoms. The van der Waals surface area contributed by atoms with Crippen molar-refractivity contribution in [2.75, 3.05) is 18.6 Å². The second-order valence-electron chi connectivity index (χ2n) is 4.77. The largest absolute Gasteiger partial charge is 0.465 e. The molecular weight excluding hydrogens is 240 g/mol. The predicted octanol–water partition coefficient (Wildman–Crippen LogP) is 2.36. The predicted molar refractivity (Wildman–Crippen MR) is 72.6 cm³/mol. The van der Waals surface area contributed by atoms with Crippen molar-refractivity contribution in [1.29, 1.82) is 0 Å². The molecule has 5 heteroatoms. The maximum Gasteiger partial charge on any atom is 0.337 e. The molecule has 0 amide bonds. The Morgan fingerprint density at radius 2 is 1.59 bits per heavy atom. The highest BCUT2D eigenvalue weighted by Gasteiger charge is 2.22. The Hall–Kier alpha value is -1.42. The summed E-state index contributed by atoms with van der Waals surface area (Å²) >= 11 is 0. The molecule has 1 rings (SSSR count). The monoisotopic (exact) mass is 258 g/mol. The van der Waals surface area contributed by atoms with Crippen LogP contribution < -0.4 is 11.5 Å². The van der Waals surface area contributed by atoms with Crippen molar-refractivity contribution in [2.45, 2.75) is 26.2 Å². The molecule has 0 heterocycles. The fourth-order valence-electron chi connectivity index (χ4n) is 1.79. The second kappa shape index (κ2) is 5.27. The van der Waals surface area contributed by atoms with Gasteiger partial charge in [-0.1, -0.05) is 20.8 Å². The average molecular weight is 259 g/mol. The second-order valence-corrected chi connectivity index (χ2v) is 4.77. The van der Waals surface area contributed by atoms with Gasteiger partial charge < -0.3 is 16.2 Å². The van der Waals surface area contributed by atoms with Crippen LogP contribution in [0.1, 0.15) is 36.7 Å². The lowest BCUT2D eigenvalue weighted by Gasteiger charge is -2.23. The molecule has 0 aromatic heterocycles. The fraction of sp³-hybridized carbons (Fsp3) is 0.417. The van der Waals surface area contributed by atoms with Gasteiger partial charge in [-0.2, -0.15) is 0 Å². The lowest BCUT2D eigenvalue weighted by Crippen LogP contribution is -2.18. The van der Waals surface area contributed by atoms with E-state index in [2.05, 4.69) is 4.74 Å². The number of hydrogen-bond acceptors (Lipinski definition) is 4. The Kier molecular flexibility index (Phi) is 4.83. The number of rotatable bonds is 1. The molecule has 0 spiro atoms. The zero-order valence-electron chi connectivity index (χ0n) is 10.5. The molecule has 96 valence electrons. The number of benzene rings is 1. The summed E-state index contributed by atoms with van der Waals surface area (Å²) in [5.41, 5.74) is 14.0. The highest BCUT2D eigenvalue weighted by atomic mass is 35.5. The first-order chi connectivity index (χ1) is 7.27. The first-order valence-electron chi connectivity index (χ1n) is 5.05. The molecule has 0 saturated heterocycles. The van der Waals surface area contributed by atoms with Gasteiger partial charge >= 0.3 is 5.97 Å². The van der Waals surface area contributed by atoms with Gasteiger partial charge in [-0.25, -0.2) is 4.79 Å². The van der Waals surface area contributed by atoms with E-state index in [4.69, 9.17) is 11.5 Å². The third kappa shape index (κ3) is 3.27. The molecule has 4 N–H and O–H groups in total. The maximum atomic E-state index is 11.3. The van der Waals surface area contributed by atoms with Crippen LogP contribution in [0.25, 0.3) is 0 Å². The van der Waals surface area contributed by atoms with Crippen molar-refractivity contribution < 1.29 is 9.53 Å². The maximum absolute atomic E-state index is 11.3. The average Bonchev–Trinajstić information content (AvgIpc) is 2.13. The highest BCUT2D eigenvalue weighted by molar-refractivity contribution is 5.92. The number of esters is 1. The van der Waals surface area contributed by atoms with E-state index < -0.39 is 5.97 Å². The number of nitrogen functional groups attached to an aromatic ring is 2. The Bertz CT molecular complexity index is 402. The number of hydrogen-bond donors (Lipinski definition) is 2. The smallest absolute Gasteiger partial charge is 0.337 e. The van der Waals surface area contributed by atoms with Crippen LogP contribution in [-0.2, 0) is 10.2 Å². The quantitative estimate of drug-likeness (QED) is 0.599. The van der Waals surface area contributed by atoms with Crippen molar-refractivity contribution in [3.63, 3.8) is 0 Å². The molecule has 0 aliphatic heterocycles. The molecule has 4 nitrogen and oxygen atoms in total. The molecule has 0 unspecified atom stereocenters. The van der Waals surface area contributed by atoms with Crippen molar-refractivity contribution in [2.24, 2.45) is 0 Å².